The van der Waals surface area contributed by atoms with Crippen LogP contribution in [0.15, 0.2) is 30.6 Å². The minimum Gasteiger partial charge on any atom is -0.329 e. The van der Waals surface area contributed by atoms with Crippen LogP contribution in [0.25, 0.3) is 0 Å². The van der Waals surface area contributed by atoms with Crippen molar-refractivity contribution in [3.05, 3.63) is 53.4 Å². The van der Waals surface area contributed by atoms with Crippen LogP contribution in [0.1, 0.15) is 29.8 Å². The first-order valence-electron chi connectivity index (χ1n) is 6.68. The van der Waals surface area contributed by atoms with Gasteiger partial charge in [0.25, 0.3) is 0 Å². The average Bonchev–Trinajstić information content (AvgIpc) is 3.19. The Hall–Kier alpha value is -2.19. The van der Waals surface area contributed by atoms with Gasteiger partial charge in [0, 0.05) is 25.0 Å². The normalized spacial score (nSPS) is 14.2. The zero-order valence-electron chi connectivity index (χ0n) is 11.0. The van der Waals surface area contributed by atoms with Gasteiger partial charge in [0.1, 0.15) is 17.7 Å². The van der Waals surface area contributed by atoms with Crippen LogP contribution in [0.2, 0.25) is 0 Å². The first-order chi connectivity index (χ1) is 9.76. The van der Waals surface area contributed by atoms with Crippen LogP contribution in [0.5, 0.6) is 0 Å². The predicted octanol–water partition coefficient (Wildman–Crippen LogP) is 2.19. The third-order valence-electron chi connectivity index (χ3n) is 3.43. The van der Waals surface area contributed by atoms with Crippen molar-refractivity contribution in [3.8, 4) is 6.07 Å². The van der Waals surface area contributed by atoms with Crippen molar-refractivity contribution >= 4 is 0 Å². The predicted molar refractivity (Wildman–Crippen MR) is 72.3 cm³/mol. The van der Waals surface area contributed by atoms with Gasteiger partial charge in [-0.2, -0.15) is 5.26 Å². The number of nitriles is 1. The lowest BCUT2D eigenvalue weighted by molar-refractivity contribution is 0.612. The highest BCUT2D eigenvalue weighted by molar-refractivity contribution is 5.34. The summed E-state index contributed by atoms with van der Waals surface area (Å²) in [6.07, 6.45) is 6.15. The lowest BCUT2D eigenvalue weighted by Crippen LogP contribution is -2.19. The van der Waals surface area contributed by atoms with Crippen molar-refractivity contribution < 1.29 is 4.39 Å². The lowest BCUT2D eigenvalue weighted by atomic mass is 10.1. The molecule has 0 atom stereocenters. The molecule has 0 bridgehead atoms. The van der Waals surface area contributed by atoms with Gasteiger partial charge in [0.2, 0.25) is 0 Å². The summed E-state index contributed by atoms with van der Waals surface area (Å²) in [4.78, 5) is 4.33. The molecule has 0 aliphatic heterocycles. The molecule has 1 N–H and O–H groups in total. The van der Waals surface area contributed by atoms with Crippen LogP contribution in [-0.2, 0) is 13.1 Å². The molecule has 2 aromatic rings. The maximum Gasteiger partial charge on any atom is 0.140 e. The summed E-state index contributed by atoms with van der Waals surface area (Å²) in [6, 6.07) is 7.13. The van der Waals surface area contributed by atoms with Crippen LogP contribution in [-0.4, -0.2) is 15.6 Å². The minimum absolute atomic E-state index is 0.0836. The third kappa shape index (κ3) is 2.86. The van der Waals surface area contributed by atoms with Crippen molar-refractivity contribution in [3.63, 3.8) is 0 Å². The number of hydrogen-bond donors (Lipinski definition) is 1. The number of imidazole rings is 1. The van der Waals surface area contributed by atoms with Crippen LogP contribution in [0, 0.1) is 17.1 Å². The van der Waals surface area contributed by atoms with E-state index in [0.717, 1.165) is 17.9 Å². The molecule has 0 amide bonds. The van der Waals surface area contributed by atoms with E-state index in [1.807, 2.05) is 16.8 Å². The molecule has 4 nitrogen and oxygen atoms in total. The standard InChI is InChI=1S/C15H15FN4/c16-14-4-1-11(7-12(14)8-17)10-20-6-5-18-15(20)9-19-13-2-3-13/h1,4-7,13,19H,2-3,9-10H2. The van der Waals surface area contributed by atoms with Gasteiger partial charge in [0.05, 0.1) is 12.1 Å². The van der Waals surface area contributed by atoms with Crippen molar-refractivity contribution in [1.82, 2.24) is 14.9 Å². The van der Waals surface area contributed by atoms with Crippen molar-refractivity contribution in [2.24, 2.45) is 0 Å². The Morgan fingerprint density at radius 1 is 1.45 bits per heavy atom. The van der Waals surface area contributed by atoms with E-state index in [-0.39, 0.29) is 5.56 Å². The van der Waals surface area contributed by atoms with Gasteiger partial charge in [-0.1, -0.05) is 6.07 Å². The topological polar surface area (TPSA) is 53.6 Å². The molecule has 0 radical (unpaired) electrons. The maximum atomic E-state index is 13.3. The molecule has 102 valence electrons. The summed E-state index contributed by atoms with van der Waals surface area (Å²) in [5, 5.41) is 12.3. The number of rotatable bonds is 5. The monoisotopic (exact) mass is 270 g/mol. The zero-order chi connectivity index (χ0) is 13.9. The summed E-state index contributed by atoms with van der Waals surface area (Å²) in [5.41, 5.74) is 0.980. The van der Waals surface area contributed by atoms with Crippen molar-refractivity contribution in [2.45, 2.75) is 32.0 Å². The largest absolute Gasteiger partial charge is 0.329 e. The number of nitrogens with zero attached hydrogens (tertiary/aromatic N) is 3. The lowest BCUT2D eigenvalue weighted by Gasteiger charge is -2.09. The Labute approximate surface area is 116 Å². The molecule has 1 aromatic heterocycles. The van der Waals surface area contributed by atoms with Crippen LogP contribution < -0.4 is 5.32 Å². The van der Waals surface area contributed by atoms with Gasteiger partial charge in [-0.05, 0) is 30.5 Å². The molecule has 0 unspecified atom stereocenters. The third-order valence-corrected chi connectivity index (χ3v) is 3.43. The second-order valence-corrected chi connectivity index (χ2v) is 5.05. The molecule has 0 spiro atoms. The van der Waals surface area contributed by atoms with Gasteiger partial charge in [-0.25, -0.2) is 9.37 Å². The molecular formula is C15H15FN4. The number of aromatic nitrogens is 2. The molecule has 1 aliphatic rings. The molecule has 1 saturated carbocycles. The molecule has 1 aromatic carbocycles. The zero-order valence-corrected chi connectivity index (χ0v) is 11.0. The fourth-order valence-electron chi connectivity index (χ4n) is 2.13. The van der Waals surface area contributed by atoms with Gasteiger partial charge in [-0.15, -0.1) is 0 Å². The number of nitrogens with one attached hydrogen (secondary N) is 1. The Kier molecular flexibility index (Phi) is 3.48. The molecular weight excluding hydrogens is 255 g/mol. The molecule has 0 saturated heterocycles. The van der Waals surface area contributed by atoms with Crippen molar-refractivity contribution in [1.29, 1.82) is 5.26 Å². The second kappa shape index (κ2) is 5.43. The first-order valence-corrected chi connectivity index (χ1v) is 6.68. The number of benzene rings is 1. The Bertz CT molecular complexity index is 652. The number of hydrogen-bond acceptors (Lipinski definition) is 3. The highest BCUT2D eigenvalue weighted by Gasteiger charge is 2.20. The summed E-state index contributed by atoms with van der Waals surface area (Å²) < 4.78 is 15.3. The molecule has 1 aliphatic carbocycles. The summed E-state index contributed by atoms with van der Waals surface area (Å²) in [5.74, 6) is 0.484. The highest BCUT2D eigenvalue weighted by Crippen LogP contribution is 2.19. The van der Waals surface area contributed by atoms with Gasteiger partial charge in [0.15, 0.2) is 0 Å². The van der Waals surface area contributed by atoms with E-state index in [9.17, 15) is 4.39 Å². The molecule has 5 heteroatoms. The molecule has 3 rings (SSSR count). The van der Waals surface area contributed by atoms with Crippen LogP contribution >= 0.6 is 0 Å². The summed E-state index contributed by atoms with van der Waals surface area (Å²) in [6.45, 7) is 1.33. The van der Waals surface area contributed by atoms with E-state index < -0.39 is 5.82 Å². The SMILES string of the molecule is N#Cc1cc(Cn2ccnc2CNC2CC2)ccc1F. The fourth-order valence-corrected chi connectivity index (χ4v) is 2.13. The van der Waals surface area contributed by atoms with Gasteiger partial charge in [-0.3, -0.25) is 0 Å². The Balaban J connectivity index is 1.73. The molecule has 1 heterocycles. The minimum atomic E-state index is -0.475. The summed E-state index contributed by atoms with van der Waals surface area (Å²) in [7, 11) is 0. The van der Waals surface area contributed by atoms with Gasteiger partial charge < -0.3 is 9.88 Å². The van der Waals surface area contributed by atoms with Crippen LogP contribution in [0.3, 0.4) is 0 Å². The van der Waals surface area contributed by atoms with Gasteiger partial charge >= 0.3 is 0 Å². The summed E-state index contributed by atoms with van der Waals surface area (Å²) >= 11 is 0. The second-order valence-electron chi connectivity index (χ2n) is 5.05. The average molecular weight is 270 g/mol. The van der Waals surface area contributed by atoms with E-state index in [1.165, 1.54) is 18.9 Å². The first kappa shape index (κ1) is 12.8. The Morgan fingerprint density at radius 3 is 3.05 bits per heavy atom. The smallest absolute Gasteiger partial charge is 0.140 e. The van der Waals surface area contributed by atoms with E-state index in [0.29, 0.717) is 12.6 Å². The number of halogens is 1. The Morgan fingerprint density at radius 2 is 2.30 bits per heavy atom. The van der Waals surface area contributed by atoms with E-state index in [4.69, 9.17) is 5.26 Å². The van der Waals surface area contributed by atoms with Crippen molar-refractivity contribution in [2.75, 3.05) is 0 Å². The quantitative estimate of drug-likeness (QED) is 0.906. The fraction of sp³-hybridized carbons (Fsp3) is 0.333. The van der Waals surface area contributed by atoms with E-state index in [1.54, 1.807) is 18.3 Å². The van der Waals surface area contributed by atoms with E-state index in [2.05, 4.69) is 10.3 Å². The highest BCUT2D eigenvalue weighted by atomic mass is 19.1. The van der Waals surface area contributed by atoms with Crippen LogP contribution in [0.4, 0.5) is 4.39 Å². The molecule has 1 fully saturated rings. The van der Waals surface area contributed by atoms with E-state index >= 15 is 0 Å². The molecule has 20 heavy (non-hydrogen) atoms. The maximum absolute atomic E-state index is 13.3.